The Kier molecular flexibility index (Phi) is 4.00. The number of halogens is 1. The second-order valence-corrected chi connectivity index (χ2v) is 4.96. The summed E-state index contributed by atoms with van der Waals surface area (Å²) in [5.41, 5.74) is 10.8. The lowest BCUT2D eigenvalue weighted by molar-refractivity contribution is 0.691. The fourth-order valence-corrected chi connectivity index (χ4v) is 2.42. The zero-order valence-electron chi connectivity index (χ0n) is 10.7. The first kappa shape index (κ1) is 13.1. The van der Waals surface area contributed by atoms with Crippen LogP contribution in [0, 0.1) is 13.8 Å². The van der Waals surface area contributed by atoms with Gasteiger partial charge in [-0.2, -0.15) is 0 Å². The molecule has 0 saturated heterocycles. The highest BCUT2D eigenvalue weighted by atomic mass is 35.5. The molecule has 1 heterocycles. The highest BCUT2D eigenvalue weighted by Crippen LogP contribution is 2.24. The quantitative estimate of drug-likeness (QED) is 0.916. The number of hydrogen-bond acceptors (Lipinski definition) is 2. The zero-order chi connectivity index (χ0) is 13.1. The molecule has 0 amide bonds. The minimum absolute atomic E-state index is 0.168. The van der Waals surface area contributed by atoms with Gasteiger partial charge in [0.1, 0.15) is 0 Å². The van der Waals surface area contributed by atoms with Crippen molar-refractivity contribution in [1.82, 2.24) is 4.98 Å². The van der Waals surface area contributed by atoms with Crippen molar-refractivity contribution in [1.29, 1.82) is 0 Å². The van der Waals surface area contributed by atoms with Crippen molar-refractivity contribution >= 4 is 11.6 Å². The molecule has 0 saturated carbocycles. The standard InChI is InChI=1S/C15H17ClN2/c1-10-5-3-6-11(2)12(10)9-14(17)15-13(16)7-4-8-18-15/h3-8,14H,9,17H2,1-2H3. The fourth-order valence-electron chi connectivity index (χ4n) is 2.16. The molecule has 2 nitrogen and oxygen atoms in total. The molecule has 0 radical (unpaired) electrons. The number of nitrogens with zero attached hydrogens (tertiary/aromatic N) is 1. The molecule has 94 valence electrons. The van der Waals surface area contributed by atoms with Gasteiger partial charge in [0, 0.05) is 6.20 Å². The summed E-state index contributed by atoms with van der Waals surface area (Å²) in [5.74, 6) is 0. The van der Waals surface area contributed by atoms with Crippen LogP contribution < -0.4 is 5.73 Å². The summed E-state index contributed by atoms with van der Waals surface area (Å²) < 4.78 is 0. The van der Waals surface area contributed by atoms with E-state index in [1.54, 1.807) is 6.20 Å². The largest absolute Gasteiger partial charge is 0.322 e. The average Bonchev–Trinajstić information content (AvgIpc) is 2.34. The molecule has 3 heteroatoms. The summed E-state index contributed by atoms with van der Waals surface area (Å²) in [6.45, 7) is 4.21. The smallest absolute Gasteiger partial charge is 0.0760 e. The second kappa shape index (κ2) is 5.51. The van der Waals surface area contributed by atoms with Crippen molar-refractivity contribution in [3.63, 3.8) is 0 Å². The number of nitrogens with two attached hydrogens (primary N) is 1. The Bertz CT molecular complexity index is 532. The number of benzene rings is 1. The maximum absolute atomic E-state index is 6.22. The summed E-state index contributed by atoms with van der Waals surface area (Å²) in [5, 5.41) is 0.635. The predicted octanol–water partition coefficient (Wildman–Crippen LogP) is 3.59. The molecule has 0 spiro atoms. The van der Waals surface area contributed by atoms with Gasteiger partial charge in [0.25, 0.3) is 0 Å². The number of aryl methyl sites for hydroxylation is 2. The molecule has 18 heavy (non-hydrogen) atoms. The SMILES string of the molecule is Cc1cccc(C)c1CC(N)c1ncccc1Cl. The summed E-state index contributed by atoms with van der Waals surface area (Å²) in [4.78, 5) is 4.28. The first-order valence-corrected chi connectivity index (χ1v) is 6.38. The summed E-state index contributed by atoms with van der Waals surface area (Å²) in [6.07, 6.45) is 2.49. The molecule has 2 rings (SSSR count). The van der Waals surface area contributed by atoms with Gasteiger partial charge >= 0.3 is 0 Å². The first-order valence-electron chi connectivity index (χ1n) is 6.00. The van der Waals surface area contributed by atoms with Gasteiger partial charge < -0.3 is 5.73 Å². The van der Waals surface area contributed by atoms with E-state index in [-0.39, 0.29) is 6.04 Å². The van der Waals surface area contributed by atoms with Crippen LogP contribution in [0.5, 0.6) is 0 Å². The van der Waals surface area contributed by atoms with Gasteiger partial charge in [-0.15, -0.1) is 0 Å². The molecule has 0 aliphatic rings. The van der Waals surface area contributed by atoms with E-state index < -0.39 is 0 Å². The van der Waals surface area contributed by atoms with Crippen LogP contribution in [0.1, 0.15) is 28.4 Å². The van der Waals surface area contributed by atoms with E-state index in [4.69, 9.17) is 17.3 Å². The van der Waals surface area contributed by atoms with Crippen LogP contribution >= 0.6 is 11.6 Å². The third-order valence-corrected chi connectivity index (χ3v) is 3.53. The maximum atomic E-state index is 6.22. The molecule has 1 unspecified atom stereocenters. The highest BCUT2D eigenvalue weighted by Gasteiger charge is 2.14. The third-order valence-electron chi connectivity index (χ3n) is 3.21. The highest BCUT2D eigenvalue weighted by molar-refractivity contribution is 6.31. The van der Waals surface area contributed by atoms with E-state index in [2.05, 4.69) is 37.0 Å². The molecule has 1 atom stereocenters. The topological polar surface area (TPSA) is 38.9 Å². The Morgan fingerprint density at radius 1 is 1.17 bits per heavy atom. The lowest BCUT2D eigenvalue weighted by atomic mass is 9.95. The molecule has 2 N–H and O–H groups in total. The van der Waals surface area contributed by atoms with Crippen LogP contribution in [-0.4, -0.2) is 4.98 Å². The molecular weight excluding hydrogens is 244 g/mol. The Hall–Kier alpha value is -1.38. The van der Waals surface area contributed by atoms with E-state index in [9.17, 15) is 0 Å². The van der Waals surface area contributed by atoms with Crippen LogP contribution in [0.15, 0.2) is 36.5 Å². The van der Waals surface area contributed by atoms with Crippen LogP contribution in [0.25, 0.3) is 0 Å². The molecule has 0 fully saturated rings. The molecule has 1 aromatic carbocycles. The van der Waals surface area contributed by atoms with Crippen molar-refractivity contribution in [3.05, 3.63) is 63.9 Å². The average molecular weight is 261 g/mol. The number of hydrogen-bond donors (Lipinski definition) is 1. The van der Waals surface area contributed by atoms with E-state index in [1.165, 1.54) is 16.7 Å². The van der Waals surface area contributed by atoms with Gasteiger partial charge in [-0.1, -0.05) is 29.8 Å². The van der Waals surface area contributed by atoms with E-state index in [0.29, 0.717) is 5.02 Å². The summed E-state index contributed by atoms with van der Waals surface area (Å²) >= 11 is 6.12. The van der Waals surface area contributed by atoms with Gasteiger partial charge in [0.05, 0.1) is 16.8 Å². The molecule has 0 bridgehead atoms. The van der Waals surface area contributed by atoms with Crippen molar-refractivity contribution in [3.8, 4) is 0 Å². The zero-order valence-corrected chi connectivity index (χ0v) is 11.4. The van der Waals surface area contributed by atoms with Gasteiger partial charge in [-0.3, -0.25) is 4.98 Å². The summed E-state index contributed by atoms with van der Waals surface area (Å²) in [7, 11) is 0. The van der Waals surface area contributed by atoms with E-state index >= 15 is 0 Å². The Labute approximate surface area is 113 Å². The molecule has 1 aromatic heterocycles. The second-order valence-electron chi connectivity index (χ2n) is 4.55. The Balaban J connectivity index is 2.27. The Morgan fingerprint density at radius 3 is 2.44 bits per heavy atom. The van der Waals surface area contributed by atoms with Crippen molar-refractivity contribution < 1.29 is 0 Å². The van der Waals surface area contributed by atoms with Crippen LogP contribution in [0.3, 0.4) is 0 Å². The number of pyridine rings is 1. The van der Waals surface area contributed by atoms with Crippen molar-refractivity contribution in [2.45, 2.75) is 26.3 Å². The van der Waals surface area contributed by atoms with Crippen LogP contribution in [0.4, 0.5) is 0 Å². The van der Waals surface area contributed by atoms with Crippen molar-refractivity contribution in [2.75, 3.05) is 0 Å². The van der Waals surface area contributed by atoms with Crippen LogP contribution in [-0.2, 0) is 6.42 Å². The van der Waals surface area contributed by atoms with Gasteiger partial charge in [-0.25, -0.2) is 0 Å². The molecular formula is C15H17ClN2. The minimum atomic E-state index is -0.168. The molecule has 0 aliphatic carbocycles. The third kappa shape index (κ3) is 2.71. The number of aromatic nitrogens is 1. The molecule has 0 aliphatic heterocycles. The lowest BCUT2D eigenvalue weighted by Gasteiger charge is -2.16. The Morgan fingerprint density at radius 2 is 1.83 bits per heavy atom. The normalized spacial score (nSPS) is 12.4. The van der Waals surface area contributed by atoms with E-state index in [1.807, 2.05) is 12.1 Å². The van der Waals surface area contributed by atoms with Gasteiger partial charge in [0.15, 0.2) is 0 Å². The molecule has 2 aromatic rings. The minimum Gasteiger partial charge on any atom is -0.322 e. The van der Waals surface area contributed by atoms with Gasteiger partial charge in [-0.05, 0) is 49.1 Å². The lowest BCUT2D eigenvalue weighted by Crippen LogP contribution is -2.16. The summed E-state index contributed by atoms with van der Waals surface area (Å²) in [6, 6.07) is 9.75. The van der Waals surface area contributed by atoms with Crippen molar-refractivity contribution in [2.24, 2.45) is 5.73 Å². The van der Waals surface area contributed by atoms with Crippen LogP contribution in [0.2, 0.25) is 5.02 Å². The maximum Gasteiger partial charge on any atom is 0.0760 e. The van der Waals surface area contributed by atoms with Gasteiger partial charge in [0.2, 0.25) is 0 Å². The number of rotatable bonds is 3. The first-order chi connectivity index (χ1) is 8.59. The predicted molar refractivity (Wildman–Crippen MR) is 75.8 cm³/mol. The monoisotopic (exact) mass is 260 g/mol. The van der Waals surface area contributed by atoms with E-state index in [0.717, 1.165) is 12.1 Å². The fraction of sp³-hybridized carbons (Fsp3) is 0.267.